The first kappa shape index (κ1) is 21.4. The van der Waals surface area contributed by atoms with Crippen LogP contribution in [0.15, 0.2) is 60.9 Å². The molecule has 2 aromatic heterocycles. The van der Waals surface area contributed by atoms with Crippen molar-refractivity contribution < 1.29 is 4.79 Å². The first-order chi connectivity index (χ1) is 16.1. The zero-order valence-electron chi connectivity index (χ0n) is 18.0. The van der Waals surface area contributed by atoms with Crippen molar-refractivity contribution in [3.8, 4) is 11.3 Å². The van der Waals surface area contributed by atoms with Crippen LogP contribution < -0.4 is 16.4 Å². The van der Waals surface area contributed by atoms with Crippen LogP contribution in [0.5, 0.6) is 0 Å². The number of carbonyl (C=O) groups excluding carboxylic acids is 1. The minimum absolute atomic E-state index is 0.0137. The summed E-state index contributed by atoms with van der Waals surface area (Å²) < 4.78 is 0. The summed E-state index contributed by atoms with van der Waals surface area (Å²) in [5.41, 5.74) is 10.0. The normalized spacial score (nSPS) is 18.2. The lowest BCUT2D eigenvalue weighted by Crippen LogP contribution is -2.32. The fourth-order valence-corrected chi connectivity index (χ4v) is 4.51. The monoisotopic (exact) mass is 460 g/mol. The number of aromatic amines is 1. The van der Waals surface area contributed by atoms with Crippen LogP contribution in [0, 0.1) is 5.92 Å². The number of hydrogen-bond donors (Lipinski definition) is 4. The average molecular weight is 461 g/mol. The molecule has 33 heavy (non-hydrogen) atoms. The van der Waals surface area contributed by atoms with Crippen molar-refractivity contribution in [2.45, 2.75) is 31.7 Å². The molecule has 1 aliphatic carbocycles. The smallest absolute Gasteiger partial charge is 0.227 e. The lowest BCUT2D eigenvalue weighted by atomic mass is 9.86. The number of benzene rings is 2. The summed E-state index contributed by atoms with van der Waals surface area (Å²) >= 11 is 6.43. The Morgan fingerprint density at radius 1 is 1.06 bits per heavy atom. The number of nitrogens with zero attached hydrogens (tertiary/aromatic N) is 2. The molecule has 0 unspecified atom stereocenters. The highest BCUT2D eigenvalue weighted by molar-refractivity contribution is 6.33. The van der Waals surface area contributed by atoms with Crippen LogP contribution in [0.3, 0.4) is 0 Å². The van der Waals surface area contributed by atoms with Gasteiger partial charge in [-0.05, 0) is 49.9 Å². The van der Waals surface area contributed by atoms with Crippen molar-refractivity contribution in [2.75, 3.05) is 10.6 Å². The van der Waals surface area contributed by atoms with Gasteiger partial charge in [-0.3, -0.25) is 4.79 Å². The maximum absolute atomic E-state index is 12.6. The van der Waals surface area contributed by atoms with Gasteiger partial charge in [-0.2, -0.15) is 0 Å². The molecule has 8 heteroatoms. The maximum Gasteiger partial charge on any atom is 0.227 e. The van der Waals surface area contributed by atoms with E-state index >= 15 is 0 Å². The van der Waals surface area contributed by atoms with Gasteiger partial charge in [0.25, 0.3) is 0 Å². The van der Waals surface area contributed by atoms with Gasteiger partial charge in [-0.1, -0.05) is 35.9 Å². The fraction of sp³-hybridized carbons (Fsp3) is 0.240. The summed E-state index contributed by atoms with van der Waals surface area (Å²) in [7, 11) is 0. The third-order valence-electron chi connectivity index (χ3n) is 6.12. The van der Waals surface area contributed by atoms with E-state index in [1.165, 1.54) is 0 Å². The summed E-state index contributed by atoms with van der Waals surface area (Å²) in [5.74, 6) is 0.479. The van der Waals surface area contributed by atoms with Crippen molar-refractivity contribution in [1.29, 1.82) is 0 Å². The molecule has 1 saturated carbocycles. The topological polar surface area (TPSA) is 109 Å². The predicted octanol–water partition coefficient (Wildman–Crippen LogP) is 5.48. The molecule has 5 rings (SSSR count). The van der Waals surface area contributed by atoms with Gasteiger partial charge in [0.2, 0.25) is 11.9 Å². The average Bonchev–Trinajstić information content (AvgIpc) is 3.25. The van der Waals surface area contributed by atoms with Gasteiger partial charge in [0.1, 0.15) is 0 Å². The lowest BCUT2D eigenvalue weighted by Gasteiger charge is -2.25. The molecule has 4 aromatic rings. The quantitative estimate of drug-likeness (QED) is 0.315. The van der Waals surface area contributed by atoms with E-state index in [-0.39, 0.29) is 17.9 Å². The van der Waals surface area contributed by atoms with Crippen LogP contribution in [-0.4, -0.2) is 26.9 Å². The fourth-order valence-electron chi connectivity index (χ4n) is 4.31. The second kappa shape index (κ2) is 9.21. The SMILES string of the molecule is NC1CCC(C(=O)Nc2cccc(Nc3ncc(Cl)c(-c4c[nH]c5ccccc45)n3)c2)CC1. The number of aromatic nitrogens is 3. The number of fused-ring (bicyclic) bond motifs is 1. The van der Waals surface area contributed by atoms with Gasteiger partial charge < -0.3 is 21.4 Å². The van der Waals surface area contributed by atoms with Gasteiger partial charge in [0.05, 0.1) is 16.9 Å². The third-order valence-corrected chi connectivity index (χ3v) is 6.39. The molecule has 7 nitrogen and oxygen atoms in total. The molecule has 0 saturated heterocycles. The summed E-state index contributed by atoms with van der Waals surface area (Å²) in [6.45, 7) is 0. The number of H-pyrrole nitrogens is 1. The van der Waals surface area contributed by atoms with Crippen LogP contribution in [0.25, 0.3) is 22.2 Å². The highest BCUT2D eigenvalue weighted by atomic mass is 35.5. The van der Waals surface area contributed by atoms with Gasteiger partial charge >= 0.3 is 0 Å². The highest BCUT2D eigenvalue weighted by Crippen LogP contribution is 2.33. The summed E-state index contributed by atoms with van der Waals surface area (Å²) in [6.07, 6.45) is 6.95. The van der Waals surface area contributed by atoms with Crippen molar-refractivity contribution in [3.63, 3.8) is 0 Å². The number of para-hydroxylation sites is 1. The summed E-state index contributed by atoms with van der Waals surface area (Å²) in [6, 6.07) is 15.7. The van der Waals surface area contributed by atoms with E-state index in [9.17, 15) is 4.79 Å². The van der Waals surface area contributed by atoms with Crippen molar-refractivity contribution in [3.05, 3.63) is 65.9 Å². The Labute approximate surface area is 196 Å². The Balaban J connectivity index is 1.34. The van der Waals surface area contributed by atoms with Gasteiger partial charge in [-0.25, -0.2) is 9.97 Å². The molecule has 0 radical (unpaired) electrons. The van der Waals surface area contributed by atoms with E-state index in [0.29, 0.717) is 16.7 Å². The molecule has 2 heterocycles. The second-order valence-corrected chi connectivity index (χ2v) is 8.85. The molecule has 0 spiro atoms. The molecule has 2 aromatic carbocycles. The van der Waals surface area contributed by atoms with E-state index in [1.807, 2.05) is 54.7 Å². The Morgan fingerprint density at radius 3 is 2.70 bits per heavy atom. The van der Waals surface area contributed by atoms with Gasteiger partial charge in [-0.15, -0.1) is 0 Å². The summed E-state index contributed by atoms with van der Waals surface area (Å²) in [4.78, 5) is 24.9. The largest absolute Gasteiger partial charge is 0.360 e. The Bertz CT molecular complexity index is 1300. The highest BCUT2D eigenvalue weighted by Gasteiger charge is 2.24. The number of halogens is 1. The molecule has 1 aliphatic rings. The van der Waals surface area contributed by atoms with E-state index in [2.05, 4.69) is 25.6 Å². The van der Waals surface area contributed by atoms with Crippen LogP contribution in [-0.2, 0) is 4.79 Å². The molecular formula is C25H25ClN6O. The number of rotatable bonds is 5. The number of carbonyl (C=O) groups is 1. The minimum atomic E-state index is 0.0137. The zero-order chi connectivity index (χ0) is 22.8. The standard InChI is InChI=1S/C25H25ClN6O/c26-21-14-29-25(32-23(21)20-13-28-22-7-2-1-6-19(20)22)31-18-5-3-4-17(12-18)30-24(33)15-8-10-16(27)11-9-15/h1-7,12-16,28H,8-11,27H2,(H,30,33)(H,29,31,32). The van der Waals surface area contributed by atoms with Gasteiger partial charge in [0.15, 0.2) is 0 Å². The molecular weight excluding hydrogens is 436 g/mol. The van der Waals surface area contributed by atoms with E-state index in [4.69, 9.17) is 17.3 Å². The van der Waals surface area contributed by atoms with Crippen molar-refractivity contribution >= 4 is 45.7 Å². The number of amides is 1. The Kier molecular flexibility index (Phi) is 5.98. The molecule has 0 atom stereocenters. The molecule has 168 valence electrons. The molecule has 5 N–H and O–H groups in total. The molecule has 1 amide bonds. The second-order valence-electron chi connectivity index (χ2n) is 8.44. The molecule has 1 fully saturated rings. The minimum Gasteiger partial charge on any atom is -0.360 e. The van der Waals surface area contributed by atoms with Crippen LogP contribution in [0.2, 0.25) is 5.02 Å². The van der Waals surface area contributed by atoms with Crippen molar-refractivity contribution in [1.82, 2.24) is 15.0 Å². The van der Waals surface area contributed by atoms with E-state index in [0.717, 1.165) is 53.5 Å². The number of hydrogen-bond acceptors (Lipinski definition) is 5. The first-order valence-corrected chi connectivity index (χ1v) is 11.5. The Morgan fingerprint density at radius 2 is 1.85 bits per heavy atom. The van der Waals surface area contributed by atoms with E-state index in [1.54, 1.807) is 6.20 Å². The predicted molar refractivity (Wildman–Crippen MR) is 133 cm³/mol. The third kappa shape index (κ3) is 4.69. The molecule has 0 aliphatic heterocycles. The number of anilines is 3. The van der Waals surface area contributed by atoms with Crippen LogP contribution >= 0.6 is 11.6 Å². The number of nitrogens with two attached hydrogens (primary N) is 1. The van der Waals surface area contributed by atoms with E-state index < -0.39 is 0 Å². The van der Waals surface area contributed by atoms with Crippen LogP contribution in [0.1, 0.15) is 25.7 Å². The maximum atomic E-state index is 12.6. The Hall–Kier alpha value is -3.42. The zero-order valence-corrected chi connectivity index (χ0v) is 18.8. The summed E-state index contributed by atoms with van der Waals surface area (Å²) in [5, 5.41) is 7.76. The lowest BCUT2D eigenvalue weighted by molar-refractivity contribution is -0.120. The van der Waals surface area contributed by atoms with Gasteiger partial charge in [0, 0.05) is 46.0 Å². The number of nitrogens with one attached hydrogen (secondary N) is 3. The van der Waals surface area contributed by atoms with Crippen LogP contribution in [0.4, 0.5) is 17.3 Å². The van der Waals surface area contributed by atoms with Crippen molar-refractivity contribution in [2.24, 2.45) is 11.7 Å². The molecule has 0 bridgehead atoms. The first-order valence-electron chi connectivity index (χ1n) is 11.1.